The molecule has 7 heteroatoms. The fourth-order valence-electron chi connectivity index (χ4n) is 3.03. The van der Waals surface area contributed by atoms with Gasteiger partial charge in [0.2, 0.25) is 0 Å². The van der Waals surface area contributed by atoms with Gasteiger partial charge < -0.3 is 9.88 Å². The molecule has 0 saturated carbocycles. The molecule has 3 N–H and O–H groups in total. The average molecular weight is 406 g/mol. The van der Waals surface area contributed by atoms with Crippen molar-refractivity contribution in [1.29, 1.82) is 0 Å². The second-order valence-corrected chi connectivity index (χ2v) is 7.25. The van der Waals surface area contributed by atoms with Crippen LogP contribution in [0.5, 0.6) is 0 Å². The number of carbonyl (C=O) groups is 1. The van der Waals surface area contributed by atoms with Crippen LogP contribution in [0.4, 0.5) is 11.4 Å². The highest BCUT2D eigenvalue weighted by Gasteiger charge is 2.14. The van der Waals surface area contributed by atoms with E-state index in [1.165, 1.54) is 0 Å². The first-order chi connectivity index (χ1) is 14.0. The lowest BCUT2D eigenvalue weighted by molar-refractivity contribution is 0.0964. The van der Waals surface area contributed by atoms with Crippen molar-refractivity contribution in [2.75, 3.05) is 24.4 Å². The van der Waals surface area contributed by atoms with E-state index in [-0.39, 0.29) is 5.91 Å². The highest BCUT2D eigenvalue weighted by atomic mass is 35.5. The number of fused-ring (bicyclic) bond motifs is 1. The van der Waals surface area contributed by atoms with Gasteiger partial charge in [0, 0.05) is 30.4 Å². The summed E-state index contributed by atoms with van der Waals surface area (Å²) in [7, 11) is 4.00. The number of nitrogens with zero attached hydrogens (tertiary/aromatic N) is 2. The number of benzene rings is 3. The number of halogens is 1. The van der Waals surface area contributed by atoms with Crippen LogP contribution in [0.3, 0.4) is 0 Å². The number of amides is 1. The summed E-state index contributed by atoms with van der Waals surface area (Å²) < 4.78 is 0. The predicted octanol–water partition coefficient (Wildman–Crippen LogP) is 4.71. The Morgan fingerprint density at radius 3 is 2.52 bits per heavy atom. The smallest absolute Gasteiger partial charge is 0.271 e. The fraction of sp³-hybridized carbons (Fsp3) is 0.0909. The molecule has 0 aliphatic heterocycles. The number of aromatic nitrogens is 2. The van der Waals surface area contributed by atoms with E-state index >= 15 is 0 Å². The molecule has 0 unspecified atom stereocenters. The number of hydrazine groups is 1. The third-order valence-electron chi connectivity index (χ3n) is 4.56. The summed E-state index contributed by atoms with van der Waals surface area (Å²) in [6.45, 7) is 0. The third kappa shape index (κ3) is 4.02. The second kappa shape index (κ2) is 7.85. The molecule has 1 amide bonds. The summed E-state index contributed by atoms with van der Waals surface area (Å²) in [6, 6.07) is 20.7. The van der Waals surface area contributed by atoms with Crippen molar-refractivity contribution in [2.24, 2.45) is 0 Å². The Bertz CT molecular complexity index is 1170. The van der Waals surface area contributed by atoms with Gasteiger partial charge in [-0.2, -0.15) is 0 Å². The third-order valence-corrected chi connectivity index (χ3v) is 4.79. The van der Waals surface area contributed by atoms with Gasteiger partial charge in [0.05, 0.1) is 16.8 Å². The molecule has 3 aromatic carbocycles. The quantitative estimate of drug-likeness (QED) is 0.420. The molecule has 1 heterocycles. The fourth-order valence-corrected chi connectivity index (χ4v) is 3.22. The number of hydrogen-bond acceptors (Lipinski definition) is 4. The number of para-hydroxylation sites is 1. The lowest BCUT2D eigenvalue weighted by Gasteiger charge is -2.12. The van der Waals surface area contributed by atoms with Crippen LogP contribution < -0.4 is 15.8 Å². The summed E-state index contributed by atoms with van der Waals surface area (Å²) >= 11 is 5.97. The highest BCUT2D eigenvalue weighted by Crippen LogP contribution is 2.25. The molecule has 0 aliphatic carbocycles. The maximum Gasteiger partial charge on any atom is 0.271 e. The minimum Gasteiger partial charge on any atom is -0.378 e. The van der Waals surface area contributed by atoms with E-state index in [9.17, 15) is 4.79 Å². The summed E-state index contributed by atoms with van der Waals surface area (Å²) in [6.07, 6.45) is 0. The first-order valence-corrected chi connectivity index (χ1v) is 9.47. The van der Waals surface area contributed by atoms with Gasteiger partial charge in [0.25, 0.3) is 5.91 Å². The number of H-pyrrole nitrogens is 1. The number of rotatable bonds is 5. The van der Waals surface area contributed by atoms with Crippen LogP contribution in [0.1, 0.15) is 10.4 Å². The van der Waals surface area contributed by atoms with Crippen molar-refractivity contribution in [3.8, 4) is 11.4 Å². The molecule has 1 aromatic heterocycles. The van der Waals surface area contributed by atoms with Crippen molar-refractivity contribution in [3.63, 3.8) is 0 Å². The van der Waals surface area contributed by atoms with E-state index in [2.05, 4.69) is 20.8 Å². The Hall–Kier alpha value is -3.51. The Morgan fingerprint density at radius 1 is 1.03 bits per heavy atom. The van der Waals surface area contributed by atoms with Crippen LogP contribution in [0, 0.1) is 0 Å². The first-order valence-electron chi connectivity index (χ1n) is 9.10. The monoisotopic (exact) mass is 405 g/mol. The van der Waals surface area contributed by atoms with E-state index in [1.54, 1.807) is 24.3 Å². The summed E-state index contributed by atoms with van der Waals surface area (Å²) in [4.78, 5) is 22.7. The van der Waals surface area contributed by atoms with Gasteiger partial charge in [-0.25, -0.2) is 4.98 Å². The zero-order valence-electron chi connectivity index (χ0n) is 16.0. The lowest BCUT2D eigenvalue weighted by atomic mass is 10.2. The molecule has 0 fully saturated rings. The van der Waals surface area contributed by atoms with Gasteiger partial charge in [0.15, 0.2) is 0 Å². The Balaban J connectivity index is 1.59. The van der Waals surface area contributed by atoms with Crippen molar-refractivity contribution < 1.29 is 4.79 Å². The van der Waals surface area contributed by atoms with Gasteiger partial charge in [-0.15, -0.1) is 0 Å². The molecular formula is C22H20ClN5O. The number of carbonyl (C=O) groups excluding carboxylic acids is 1. The SMILES string of the molecule is CN(C)c1ccc(-c2nc3c(C(=O)NNc4cccc(Cl)c4)cccc3[nH]2)cc1. The Kier molecular flexibility index (Phi) is 5.10. The van der Waals surface area contributed by atoms with Gasteiger partial charge in [-0.3, -0.25) is 15.6 Å². The zero-order chi connectivity index (χ0) is 20.4. The van der Waals surface area contributed by atoms with E-state index < -0.39 is 0 Å². The molecule has 0 spiro atoms. The van der Waals surface area contributed by atoms with E-state index in [1.807, 2.05) is 61.5 Å². The maximum atomic E-state index is 12.7. The first kappa shape index (κ1) is 18.8. The van der Waals surface area contributed by atoms with Crippen LogP contribution in [0.25, 0.3) is 22.4 Å². The summed E-state index contributed by atoms with van der Waals surface area (Å²) in [5, 5.41) is 0.587. The van der Waals surface area contributed by atoms with Crippen LogP contribution in [0.2, 0.25) is 5.02 Å². The average Bonchev–Trinajstić information content (AvgIpc) is 3.16. The van der Waals surface area contributed by atoms with Crippen LogP contribution in [-0.4, -0.2) is 30.0 Å². The Labute approximate surface area is 173 Å². The van der Waals surface area contributed by atoms with Gasteiger partial charge in [-0.05, 0) is 54.6 Å². The maximum absolute atomic E-state index is 12.7. The summed E-state index contributed by atoms with van der Waals surface area (Å²) in [5.41, 5.74) is 10.2. The number of hydrogen-bond donors (Lipinski definition) is 3. The van der Waals surface area contributed by atoms with Gasteiger partial charge in [-0.1, -0.05) is 23.7 Å². The number of nitrogens with one attached hydrogen (secondary N) is 3. The number of aromatic amines is 1. The van der Waals surface area contributed by atoms with E-state index in [0.717, 1.165) is 16.8 Å². The van der Waals surface area contributed by atoms with Crippen LogP contribution in [-0.2, 0) is 0 Å². The predicted molar refractivity (Wildman–Crippen MR) is 118 cm³/mol. The summed E-state index contributed by atoms with van der Waals surface area (Å²) in [5.74, 6) is 0.435. The largest absolute Gasteiger partial charge is 0.378 e. The second-order valence-electron chi connectivity index (χ2n) is 6.82. The van der Waals surface area contributed by atoms with E-state index in [0.29, 0.717) is 27.6 Å². The van der Waals surface area contributed by atoms with Crippen molar-refractivity contribution in [2.45, 2.75) is 0 Å². The molecule has 0 atom stereocenters. The molecule has 4 aromatic rings. The highest BCUT2D eigenvalue weighted by molar-refractivity contribution is 6.30. The molecule has 0 radical (unpaired) electrons. The molecule has 4 rings (SSSR count). The normalized spacial score (nSPS) is 10.7. The molecule has 0 aliphatic rings. The number of imidazole rings is 1. The van der Waals surface area contributed by atoms with Gasteiger partial charge >= 0.3 is 0 Å². The van der Waals surface area contributed by atoms with Crippen molar-refractivity contribution in [1.82, 2.24) is 15.4 Å². The molecule has 0 saturated heterocycles. The van der Waals surface area contributed by atoms with Crippen molar-refractivity contribution in [3.05, 3.63) is 77.3 Å². The molecule has 146 valence electrons. The standard InChI is InChI=1S/C22H20ClN5O/c1-28(2)17-11-9-14(10-12-17)21-24-19-8-4-7-18(20(19)25-21)22(29)27-26-16-6-3-5-15(23)13-16/h3-13,26H,1-2H3,(H,24,25)(H,27,29). The van der Waals surface area contributed by atoms with Crippen LogP contribution >= 0.6 is 11.6 Å². The van der Waals surface area contributed by atoms with Crippen LogP contribution in [0.15, 0.2) is 66.7 Å². The molecule has 29 heavy (non-hydrogen) atoms. The minimum absolute atomic E-state index is 0.281. The van der Waals surface area contributed by atoms with E-state index in [4.69, 9.17) is 11.6 Å². The zero-order valence-corrected chi connectivity index (χ0v) is 16.8. The number of anilines is 2. The Morgan fingerprint density at radius 2 is 1.79 bits per heavy atom. The minimum atomic E-state index is -0.281. The topological polar surface area (TPSA) is 73.1 Å². The molecule has 6 nitrogen and oxygen atoms in total. The molecular weight excluding hydrogens is 386 g/mol. The molecule has 0 bridgehead atoms. The van der Waals surface area contributed by atoms with Crippen molar-refractivity contribution >= 4 is 39.9 Å². The lowest BCUT2D eigenvalue weighted by Crippen LogP contribution is -2.29. The van der Waals surface area contributed by atoms with Gasteiger partial charge in [0.1, 0.15) is 11.3 Å².